The fourth-order valence-electron chi connectivity index (χ4n) is 10.0. The Morgan fingerprint density at radius 2 is 1.69 bits per heavy atom. The SMILES string of the molecule is C=CCOC12Oc3ccc(OCCSc4ccccc4)cc3C3C(CCCCO)C(CCCCO)C=C(C(=NOCc4ccccc4)CC1N(CCC)S(=O)(=O)c1ccc(NC(C)=O)cc1)C32. The molecule has 0 radical (unpaired) electrons. The number of anilines is 1. The molecule has 0 saturated heterocycles. The second kappa shape index (κ2) is 23.9. The van der Waals surface area contributed by atoms with E-state index in [0.29, 0.717) is 48.8 Å². The first-order valence-corrected chi connectivity index (χ1v) is 26.0. The van der Waals surface area contributed by atoms with Crippen molar-refractivity contribution >= 4 is 39.1 Å². The third kappa shape index (κ3) is 11.8. The maximum Gasteiger partial charge on any atom is 0.243 e. The molecule has 1 heterocycles. The average molecular weight is 952 g/mol. The first-order valence-electron chi connectivity index (χ1n) is 23.6. The van der Waals surface area contributed by atoms with Gasteiger partial charge in [-0.3, -0.25) is 4.79 Å². The standard InChI is InChI=1S/C53H65N3O9S2/c1-4-28-56(67(60,61)44-25-22-41(23-26-44)54-38(3)59)50-36-48(55-64-37-39-16-8-6-9-17-39)46-34-40(18-12-14-29-57)45(21-13-15-30-58)51-47-35-42(62-32-33-66-43-19-10-7-11-20-43)24-27-49(47)65-53(50,52(46)51)63-31-5-2/h5-11,16-17,19-20,22-27,34-35,40,45,50-52,57-58H,2,4,12-15,18,21,28-33,36-37H2,1,3H3,(H,54,59). The third-order valence-corrected chi connectivity index (χ3v) is 15.7. The van der Waals surface area contributed by atoms with Crippen molar-refractivity contribution in [3.63, 3.8) is 0 Å². The van der Waals surface area contributed by atoms with Crippen LogP contribution in [0.5, 0.6) is 11.5 Å². The molecule has 3 N–H and O–H groups in total. The van der Waals surface area contributed by atoms with Crippen LogP contribution in [-0.2, 0) is 31.0 Å². The molecule has 0 bridgehead atoms. The van der Waals surface area contributed by atoms with Crippen LogP contribution < -0.4 is 14.8 Å². The molecule has 0 spiro atoms. The number of aliphatic hydroxyl groups excluding tert-OH is 2. The number of rotatable bonds is 25. The first-order chi connectivity index (χ1) is 32.6. The molecule has 1 amide bonds. The Morgan fingerprint density at radius 3 is 2.37 bits per heavy atom. The van der Waals surface area contributed by atoms with E-state index in [0.717, 1.165) is 48.1 Å². The molecule has 6 atom stereocenters. The van der Waals surface area contributed by atoms with E-state index in [-0.39, 0.29) is 67.9 Å². The van der Waals surface area contributed by atoms with E-state index < -0.39 is 27.8 Å². The van der Waals surface area contributed by atoms with E-state index in [2.05, 4.69) is 36.2 Å². The van der Waals surface area contributed by atoms with Gasteiger partial charge in [-0.15, -0.1) is 18.3 Å². The largest absolute Gasteiger partial charge is 0.493 e. The molecule has 14 heteroatoms. The second-order valence-electron chi connectivity index (χ2n) is 17.4. The van der Waals surface area contributed by atoms with Crippen LogP contribution >= 0.6 is 11.8 Å². The Labute approximate surface area is 400 Å². The Balaban J connectivity index is 1.40. The molecule has 358 valence electrons. The number of nitrogens with zero attached hydrogens (tertiary/aromatic N) is 2. The molecule has 0 aromatic heterocycles. The van der Waals surface area contributed by atoms with Crippen molar-refractivity contribution < 1.29 is 42.5 Å². The molecule has 1 aliphatic heterocycles. The van der Waals surface area contributed by atoms with Gasteiger partial charge >= 0.3 is 0 Å². The number of carbonyl (C=O) groups is 1. The number of thioether (sulfide) groups is 1. The van der Waals surface area contributed by atoms with Crippen molar-refractivity contribution in [2.24, 2.45) is 22.9 Å². The van der Waals surface area contributed by atoms with Gasteiger partial charge in [0.15, 0.2) is 0 Å². The maximum absolute atomic E-state index is 15.3. The maximum atomic E-state index is 15.3. The van der Waals surface area contributed by atoms with E-state index in [4.69, 9.17) is 24.2 Å². The molecule has 67 heavy (non-hydrogen) atoms. The zero-order valence-electron chi connectivity index (χ0n) is 38.6. The molecule has 6 unspecified atom stereocenters. The molecular weight excluding hydrogens is 887 g/mol. The lowest BCUT2D eigenvalue weighted by molar-refractivity contribution is -0.251. The predicted molar refractivity (Wildman–Crippen MR) is 264 cm³/mol. The minimum Gasteiger partial charge on any atom is -0.493 e. The topological polar surface area (TPSA) is 156 Å². The summed E-state index contributed by atoms with van der Waals surface area (Å²) in [6.45, 7) is 8.42. The number of hydrogen-bond acceptors (Lipinski definition) is 11. The molecule has 1 fully saturated rings. The van der Waals surface area contributed by atoms with Gasteiger partial charge in [0.25, 0.3) is 0 Å². The van der Waals surface area contributed by atoms with Gasteiger partial charge in [-0.2, -0.15) is 4.31 Å². The molecule has 4 aromatic rings. The number of ether oxygens (including phenoxy) is 3. The minimum atomic E-state index is -4.26. The number of allylic oxidation sites excluding steroid dienone is 1. The number of nitrogens with one attached hydrogen (secondary N) is 1. The normalized spacial score (nSPS) is 22.6. The van der Waals surface area contributed by atoms with Crippen molar-refractivity contribution in [2.75, 3.05) is 44.0 Å². The zero-order chi connectivity index (χ0) is 47.2. The average Bonchev–Trinajstić information content (AvgIpc) is 3.33. The lowest BCUT2D eigenvalue weighted by Crippen LogP contribution is -2.70. The molecule has 12 nitrogen and oxygen atoms in total. The van der Waals surface area contributed by atoms with Gasteiger partial charge in [0.05, 0.1) is 35.8 Å². The minimum absolute atomic E-state index is 0.0000231. The van der Waals surface area contributed by atoms with Crippen molar-refractivity contribution in [3.8, 4) is 11.5 Å². The van der Waals surface area contributed by atoms with Gasteiger partial charge in [0.2, 0.25) is 21.7 Å². The van der Waals surface area contributed by atoms with Gasteiger partial charge < -0.3 is 34.6 Å². The predicted octanol–water partition coefficient (Wildman–Crippen LogP) is 9.75. The van der Waals surface area contributed by atoms with Crippen LogP contribution in [0.2, 0.25) is 0 Å². The number of hydrogen-bond donors (Lipinski definition) is 3. The van der Waals surface area contributed by atoms with Crippen LogP contribution in [0.1, 0.15) is 82.3 Å². The number of carbonyl (C=O) groups excluding carboxylic acids is 1. The summed E-state index contributed by atoms with van der Waals surface area (Å²) in [7, 11) is -4.26. The van der Waals surface area contributed by atoms with E-state index in [9.17, 15) is 15.0 Å². The highest BCUT2D eigenvalue weighted by molar-refractivity contribution is 7.99. The summed E-state index contributed by atoms with van der Waals surface area (Å²) in [5, 5.41) is 27.7. The molecule has 3 aliphatic rings. The molecule has 7 rings (SSSR count). The Hall–Kier alpha value is -4.96. The van der Waals surface area contributed by atoms with E-state index in [1.54, 1.807) is 30.0 Å². The Bertz CT molecular complexity index is 2420. The van der Waals surface area contributed by atoms with Crippen LogP contribution in [0, 0.1) is 17.8 Å². The van der Waals surface area contributed by atoms with Crippen LogP contribution in [-0.4, -0.2) is 85.1 Å². The summed E-state index contributed by atoms with van der Waals surface area (Å²) in [6, 6.07) is 31.2. The number of benzene rings is 4. The highest BCUT2D eigenvalue weighted by Gasteiger charge is 2.66. The number of aliphatic hydroxyl groups is 2. The zero-order valence-corrected chi connectivity index (χ0v) is 40.3. The van der Waals surface area contributed by atoms with Crippen LogP contribution in [0.3, 0.4) is 0 Å². The van der Waals surface area contributed by atoms with Gasteiger partial charge in [0.1, 0.15) is 18.1 Å². The van der Waals surface area contributed by atoms with Crippen molar-refractivity contribution in [1.82, 2.24) is 4.31 Å². The fourth-order valence-corrected chi connectivity index (χ4v) is 12.5. The second-order valence-corrected chi connectivity index (χ2v) is 20.4. The van der Waals surface area contributed by atoms with Crippen molar-refractivity contribution in [1.29, 1.82) is 0 Å². The van der Waals surface area contributed by atoms with Crippen molar-refractivity contribution in [2.45, 2.75) is 99.4 Å². The summed E-state index contributed by atoms with van der Waals surface area (Å²) < 4.78 is 53.1. The van der Waals surface area contributed by atoms with Crippen molar-refractivity contribution in [3.05, 3.63) is 139 Å². The quantitative estimate of drug-likeness (QED) is 0.0253. The summed E-state index contributed by atoms with van der Waals surface area (Å²) >= 11 is 1.73. The van der Waals surface area contributed by atoms with Crippen LogP contribution in [0.4, 0.5) is 5.69 Å². The Morgan fingerprint density at radius 1 is 0.970 bits per heavy atom. The van der Waals surface area contributed by atoms with Gasteiger partial charge in [-0.05, 0) is 110 Å². The number of unbranched alkanes of at least 4 members (excludes halogenated alkanes) is 2. The summed E-state index contributed by atoms with van der Waals surface area (Å²) in [4.78, 5) is 19.3. The number of amides is 1. The number of fused-ring (bicyclic) bond motifs is 2. The monoisotopic (exact) mass is 951 g/mol. The lowest BCUT2D eigenvalue weighted by Gasteiger charge is -2.59. The van der Waals surface area contributed by atoms with Crippen LogP contribution in [0.15, 0.2) is 142 Å². The van der Waals surface area contributed by atoms with E-state index in [1.807, 2.05) is 67.6 Å². The van der Waals surface area contributed by atoms with Crippen LogP contribution in [0.25, 0.3) is 0 Å². The van der Waals surface area contributed by atoms with E-state index in [1.165, 1.54) is 28.3 Å². The van der Waals surface area contributed by atoms with Gasteiger partial charge in [-0.1, -0.05) is 85.6 Å². The summed E-state index contributed by atoms with van der Waals surface area (Å²) in [5.74, 6) is -0.640. The molecule has 4 aromatic carbocycles. The first kappa shape index (κ1) is 49.9. The third-order valence-electron chi connectivity index (χ3n) is 12.8. The molecular formula is C53H65N3O9S2. The van der Waals surface area contributed by atoms with Gasteiger partial charge in [0, 0.05) is 60.9 Å². The number of oxime groups is 1. The van der Waals surface area contributed by atoms with Gasteiger partial charge in [-0.25, -0.2) is 8.42 Å². The Kier molecular flexibility index (Phi) is 17.8. The van der Waals surface area contributed by atoms with E-state index >= 15 is 8.42 Å². The smallest absolute Gasteiger partial charge is 0.243 e. The highest BCUT2D eigenvalue weighted by Crippen LogP contribution is 2.62. The number of sulfonamides is 1. The highest BCUT2D eigenvalue weighted by atomic mass is 32.2. The summed E-state index contributed by atoms with van der Waals surface area (Å²) in [6.07, 6.45) is 8.97. The molecule has 2 aliphatic carbocycles. The lowest BCUT2D eigenvalue weighted by atomic mass is 9.55. The summed E-state index contributed by atoms with van der Waals surface area (Å²) in [5.41, 5.74) is 3.85. The fraction of sp³-hybridized carbons (Fsp3) is 0.434. The molecule has 1 saturated carbocycles.